The number of fused-ring (bicyclic) bond motifs is 7. The maximum atomic E-state index is 6.54. The Morgan fingerprint density at radius 3 is 1.72 bits per heavy atom. The number of hydrogen-bond donors (Lipinski definition) is 0. The second-order valence-corrected chi connectivity index (χ2v) is 15.5. The van der Waals surface area contributed by atoms with Crippen molar-refractivity contribution in [1.82, 2.24) is 15.0 Å². The summed E-state index contributed by atoms with van der Waals surface area (Å²) in [7, 11) is 0. The molecule has 10 aromatic carbocycles. The van der Waals surface area contributed by atoms with E-state index >= 15 is 0 Å². The van der Waals surface area contributed by atoms with E-state index in [2.05, 4.69) is 188 Å². The molecule has 12 aromatic rings. The Hall–Kier alpha value is -8.21. The first-order valence-corrected chi connectivity index (χ1v) is 20.6. The van der Waals surface area contributed by atoms with Gasteiger partial charge in [-0.1, -0.05) is 194 Å². The molecule has 0 aliphatic carbocycles. The zero-order valence-electron chi connectivity index (χ0n) is 33.0. The molecule has 0 atom stereocenters. The largest absolute Gasteiger partial charge is 0.455 e. The van der Waals surface area contributed by atoms with Gasteiger partial charge in [0.25, 0.3) is 0 Å². The Balaban J connectivity index is 1.04. The average molecular weight is 778 g/mol. The van der Waals surface area contributed by atoms with E-state index in [0.29, 0.717) is 17.5 Å². The zero-order valence-corrected chi connectivity index (χ0v) is 33.0. The Bertz CT molecular complexity index is 3650. The summed E-state index contributed by atoms with van der Waals surface area (Å²) < 4.78 is 6.54. The minimum absolute atomic E-state index is 0.588. The Labute approximate surface area is 352 Å². The Kier molecular flexibility index (Phi) is 8.13. The van der Waals surface area contributed by atoms with Crippen LogP contribution in [0.15, 0.2) is 217 Å². The summed E-state index contributed by atoms with van der Waals surface area (Å²) in [6.45, 7) is 0. The van der Waals surface area contributed by atoms with E-state index in [0.717, 1.165) is 66.4 Å². The first-order valence-electron chi connectivity index (χ1n) is 20.6. The van der Waals surface area contributed by atoms with Crippen LogP contribution in [0, 0.1) is 0 Å². The van der Waals surface area contributed by atoms with E-state index in [1.165, 1.54) is 37.9 Å². The van der Waals surface area contributed by atoms with Gasteiger partial charge in [0.15, 0.2) is 17.5 Å². The van der Waals surface area contributed by atoms with Gasteiger partial charge in [0.1, 0.15) is 11.2 Å². The van der Waals surface area contributed by atoms with E-state index in [1.54, 1.807) is 0 Å². The van der Waals surface area contributed by atoms with Crippen LogP contribution in [0.1, 0.15) is 0 Å². The SMILES string of the molecule is c1ccc(-c2cccc(-c3nc(-c4ccc(-c5c6ccccc6cc6c5ccc5ccccc56)cc4)nc(-c4ccccc4-c4cccc5c4oc4ccccc45)n3)c2)cc1. The van der Waals surface area contributed by atoms with E-state index in [1.807, 2.05) is 24.3 Å². The van der Waals surface area contributed by atoms with Crippen molar-refractivity contribution in [3.63, 3.8) is 0 Å². The molecule has 0 fully saturated rings. The highest BCUT2D eigenvalue weighted by Crippen LogP contribution is 2.42. The number of hydrogen-bond acceptors (Lipinski definition) is 4. The third kappa shape index (κ3) is 5.96. The van der Waals surface area contributed by atoms with Crippen molar-refractivity contribution in [3.05, 3.63) is 212 Å². The Morgan fingerprint density at radius 1 is 0.279 bits per heavy atom. The first kappa shape index (κ1) is 34.8. The molecule has 284 valence electrons. The quantitative estimate of drug-likeness (QED) is 0.125. The lowest BCUT2D eigenvalue weighted by Gasteiger charge is -2.15. The summed E-state index contributed by atoms with van der Waals surface area (Å²) >= 11 is 0. The van der Waals surface area contributed by atoms with Gasteiger partial charge in [-0.2, -0.15) is 0 Å². The number of benzene rings is 10. The molecule has 0 spiro atoms. The third-order valence-electron chi connectivity index (χ3n) is 11.9. The highest BCUT2D eigenvalue weighted by atomic mass is 16.3. The summed E-state index contributed by atoms with van der Waals surface area (Å²) in [5, 5.41) is 9.56. The fraction of sp³-hybridized carbons (Fsp3) is 0. The molecule has 0 amide bonds. The summed E-state index contributed by atoms with van der Waals surface area (Å²) in [5.74, 6) is 1.79. The highest BCUT2D eigenvalue weighted by molar-refractivity contribution is 6.20. The van der Waals surface area contributed by atoms with Crippen LogP contribution in [-0.2, 0) is 0 Å². The number of aromatic nitrogens is 3. The van der Waals surface area contributed by atoms with E-state index in [-0.39, 0.29) is 0 Å². The third-order valence-corrected chi connectivity index (χ3v) is 11.9. The van der Waals surface area contributed by atoms with Crippen molar-refractivity contribution < 1.29 is 4.42 Å². The standard InChI is InChI=1S/C57H35N3O/c1-2-14-36(15-3-1)40-18-12-19-42(34-40)56-58-55(59-57(60-56)50-24-9-8-22-45(50)48-25-13-26-49-46-23-10-11-27-52(46)61-54(48)49)39-30-28-38(29-31-39)53-44-21-7-5-17-41(44)35-51-43-20-6-4-16-37(43)32-33-47(51)53/h1-35H. The van der Waals surface area contributed by atoms with Gasteiger partial charge >= 0.3 is 0 Å². The summed E-state index contributed by atoms with van der Waals surface area (Å²) in [6, 6.07) is 74.6. The van der Waals surface area contributed by atoms with Gasteiger partial charge in [-0.3, -0.25) is 0 Å². The maximum absolute atomic E-state index is 6.54. The van der Waals surface area contributed by atoms with Crippen molar-refractivity contribution in [2.24, 2.45) is 0 Å². The van der Waals surface area contributed by atoms with Crippen LogP contribution in [0.5, 0.6) is 0 Å². The second kappa shape index (κ2) is 14.3. The fourth-order valence-electron chi connectivity index (χ4n) is 9.01. The summed E-state index contributed by atoms with van der Waals surface area (Å²) in [6.07, 6.45) is 0. The molecule has 61 heavy (non-hydrogen) atoms. The normalized spacial score (nSPS) is 11.6. The molecular formula is C57H35N3O. The van der Waals surface area contributed by atoms with Crippen LogP contribution >= 0.6 is 0 Å². The van der Waals surface area contributed by atoms with Crippen LogP contribution < -0.4 is 0 Å². The van der Waals surface area contributed by atoms with Crippen molar-refractivity contribution in [1.29, 1.82) is 0 Å². The molecule has 0 N–H and O–H groups in total. The minimum Gasteiger partial charge on any atom is -0.455 e. The van der Waals surface area contributed by atoms with Gasteiger partial charge in [-0.15, -0.1) is 0 Å². The van der Waals surface area contributed by atoms with Crippen LogP contribution in [0.4, 0.5) is 0 Å². The molecule has 0 radical (unpaired) electrons. The highest BCUT2D eigenvalue weighted by Gasteiger charge is 2.20. The minimum atomic E-state index is 0.588. The number of nitrogens with zero attached hydrogens (tertiary/aromatic N) is 3. The Morgan fingerprint density at radius 2 is 0.869 bits per heavy atom. The molecule has 0 aliphatic heterocycles. The molecule has 2 aromatic heterocycles. The van der Waals surface area contributed by atoms with Gasteiger partial charge in [-0.05, 0) is 78.3 Å². The van der Waals surface area contributed by atoms with Crippen LogP contribution in [0.25, 0.3) is 122 Å². The summed E-state index contributed by atoms with van der Waals surface area (Å²) in [4.78, 5) is 15.7. The summed E-state index contributed by atoms with van der Waals surface area (Å²) in [5.41, 5.74) is 11.0. The van der Waals surface area contributed by atoms with Gasteiger partial charge in [0.05, 0.1) is 0 Å². The first-order chi connectivity index (χ1) is 30.2. The topological polar surface area (TPSA) is 51.8 Å². The number of rotatable bonds is 6. The molecule has 0 bridgehead atoms. The van der Waals surface area contributed by atoms with Crippen LogP contribution in [0.3, 0.4) is 0 Å². The average Bonchev–Trinajstić information content (AvgIpc) is 3.73. The lowest BCUT2D eigenvalue weighted by Crippen LogP contribution is -2.01. The van der Waals surface area contributed by atoms with Gasteiger partial charge < -0.3 is 4.42 Å². The van der Waals surface area contributed by atoms with Gasteiger partial charge in [0, 0.05) is 33.0 Å². The fourth-order valence-corrected chi connectivity index (χ4v) is 9.01. The van der Waals surface area contributed by atoms with Crippen molar-refractivity contribution >= 4 is 54.3 Å². The molecule has 12 rings (SSSR count). The molecule has 0 saturated heterocycles. The van der Waals surface area contributed by atoms with Crippen molar-refractivity contribution in [3.8, 4) is 67.5 Å². The van der Waals surface area contributed by atoms with Crippen molar-refractivity contribution in [2.75, 3.05) is 0 Å². The number of para-hydroxylation sites is 2. The monoisotopic (exact) mass is 777 g/mol. The lowest BCUT2D eigenvalue weighted by molar-refractivity contribution is 0.670. The predicted molar refractivity (Wildman–Crippen MR) is 252 cm³/mol. The molecular weight excluding hydrogens is 743 g/mol. The smallest absolute Gasteiger partial charge is 0.164 e. The molecule has 4 nitrogen and oxygen atoms in total. The molecule has 0 aliphatic rings. The second-order valence-electron chi connectivity index (χ2n) is 15.5. The number of furan rings is 1. The van der Waals surface area contributed by atoms with Crippen LogP contribution in [-0.4, -0.2) is 15.0 Å². The molecule has 2 heterocycles. The van der Waals surface area contributed by atoms with Crippen LogP contribution in [0.2, 0.25) is 0 Å². The van der Waals surface area contributed by atoms with Gasteiger partial charge in [-0.25, -0.2) is 15.0 Å². The van der Waals surface area contributed by atoms with E-state index < -0.39 is 0 Å². The van der Waals surface area contributed by atoms with Crippen molar-refractivity contribution in [2.45, 2.75) is 0 Å². The van der Waals surface area contributed by atoms with Gasteiger partial charge in [0.2, 0.25) is 0 Å². The molecule has 0 unspecified atom stereocenters. The lowest BCUT2D eigenvalue weighted by atomic mass is 9.89. The van der Waals surface area contributed by atoms with E-state index in [9.17, 15) is 0 Å². The predicted octanol–water partition coefficient (Wildman–Crippen LogP) is 15.2. The van der Waals surface area contributed by atoms with E-state index in [4.69, 9.17) is 19.4 Å². The maximum Gasteiger partial charge on any atom is 0.164 e. The molecule has 4 heteroatoms. The zero-order chi connectivity index (χ0) is 40.3. The molecule has 0 saturated carbocycles.